The maximum atomic E-state index is 12.2. The van der Waals surface area contributed by atoms with E-state index < -0.39 is 0 Å². The van der Waals surface area contributed by atoms with Gasteiger partial charge in [0.25, 0.3) is 0 Å². The van der Waals surface area contributed by atoms with Crippen molar-refractivity contribution in [2.75, 3.05) is 13.2 Å². The third kappa shape index (κ3) is 4.79. The summed E-state index contributed by atoms with van der Waals surface area (Å²) in [6.45, 7) is 5.83. The lowest BCUT2D eigenvalue weighted by atomic mass is 10.0. The Morgan fingerprint density at radius 2 is 1.83 bits per heavy atom. The average molecular weight is 407 g/mol. The molecule has 0 atom stereocenters. The first-order valence-electron chi connectivity index (χ1n) is 10.2. The van der Waals surface area contributed by atoms with Crippen molar-refractivity contribution in [3.63, 3.8) is 0 Å². The molecular formula is C23H25N3O4. The summed E-state index contributed by atoms with van der Waals surface area (Å²) in [7, 11) is 0. The van der Waals surface area contributed by atoms with Gasteiger partial charge in [-0.2, -0.15) is 4.98 Å². The average Bonchev–Trinajstić information content (AvgIpc) is 3.25. The number of nitrogens with one attached hydrogen (secondary N) is 1. The predicted molar refractivity (Wildman–Crippen MR) is 111 cm³/mol. The fourth-order valence-corrected chi connectivity index (χ4v) is 3.20. The fourth-order valence-electron chi connectivity index (χ4n) is 3.20. The lowest BCUT2D eigenvalue weighted by molar-refractivity contribution is -0.121. The molecule has 2 heterocycles. The molecule has 0 saturated heterocycles. The number of hydrogen-bond donors (Lipinski definition) is 1. The Morgan fingerprint density at radius 3 is 2.60 bits per heavy atom. The van der Waals surface area contributed by atoms with E-state index in [1.165, 1.54) is 5.56 Å². The van der Waals surface area contributed by atoms with E-state index in [1.54, 1.807) is 0 Å². The molecule has 3 aromatic rings. The molecule has 156 valence electrons. The number of nitrogens with zero attached hydrogens (tertiary/aromatic N) is 2. The van der Waals surface area contributed by atoms with Crippen LogP contribution in [0.5, 0.6) is 11.5 Å². The van der Waals surface area contributed by atoms with Gasteiger partial charge in [0, 0.05) is 24.9 Å². The topological polar surface area (TPSA) is 86.5 Å². The van der Waals surface area contributed by atoms with Crippen LogP contribution in [0.4, 0.5) is 0 Å². The quantitative estimate of drug-likeness (QED) is 0.640. The molecule has 0 spiro atoms. The SMILES string of the molecule is CC(C)c1ccc(-c2noc(CCC(=O)NCc3ccc4c(c3)OCCO4)n2)cc1. The van der Waals surface area contributed by atoms with Gasteiger partial charge in [-0.15, -0.1) is 0 Å². The molecule has 1 N–H and O–H groups in total. The molecule has 1 aliphatic heterocycles. The van der Waals surface area contributed by atoms with Gasteiger partial charge < -0.3 is 19.3 Å². The van der Waals surface area contributed by atoms with Gasteiger partial charge in [0.05, 0.1) is 0 Å². The van der Waals surface area contributed by atoms with Gasteiger partial charge >= 0.3 is 0 Å². The number of hydrogen-bond acceptors (Lipinski definition) is 6. The zero-order valence-corrected chi connectivity index (χ0v) is 17.2. The summed E-state index contributed by atoms with van der Waals surface area (Å²) in [5, 5.41) is 6.94. The van der Waals surface area contributed by atoms with Gasteiger partial charge in [-0.1, -0.05) is 49.3 Å². The molecule has 0 unspecified atom stereocenters. The van der Waals surface area contributed by atoms with Crippen molar-refractivity contribution in [1.82, 2.24) is 15.5 Å². The number of carbonyl (C=O) groups excluding carboxylic acids is 1. The molecular weight excluding hydrogens is 382 g/mol. The second-order valence-electron chi connectivity index (χ2n) is 7.54. The highest BCUT2D eigenvalue weighted by Crippen LogP contribution is 2.30. The molecule has 7 nitrogen and oxygen atoms in total. The Kier molecular flexibility index (Phi) is 5.97. The van der Waals surface area contributed by atoms with E-state index in [9.17, 15) is 4.79 Å². The normalized spacial score (nSPS) is 12.8. The highest BCUT2D eigenvalue weighted by molar-refractivity contribution is 5.76. The molecule has 1 aromatic heterocycles. The zero-order valence-electron chi connectivity index (χ0n) is 17.2. The zero-order chi connectivity index (χ0) is 20.9. The van der Waals surface area contributed by atoms with Gasteiger partial charge in [-0.25, -0.2) is 0 Å². The molecule has 0 bridgehead atoms. The number of ether oxygens (including phenoxy) is 2. The van der Waals surface area contributed by atoms with Crippen LogP contribution >= 0.6 is 0 Å². The van der Waals surface area contributed by atoms with E-state index in [1.807, 2.05) is 30.3 Å². The minimum atomic E-state index is -0.0778. The van der Waals surface area contributed by atoms with E-state index in [-0.39, 0.29) is 12.3 Å². The summed E-state index contributed by atoms with van der Waals surface area (Å²) in [6, 6.07) is 13.8. The molecule has 2 aromatic carbocycles. The summed E-state index contributed by atoms with van der Waals surface area (Å²) in [6.07, 6.45) is 0.669. The fraction of sp³-hybridized carbons (Fsp3) is 0.348. The highest BCUT2D eigenvalue weighted by atomic mass is 16.6. The number of benzene rings is 2. The van der Waals surface area contributed by atoms with Crippen LogP contribution in [0.3, 0.4) is 0 Å². The molecule has 30 heavy (non-hydrogen) atoms. The first kappa shape index (κ1) is 19.9. The van der Waals surface area contributed by atoms with Crippen molar-refractivity contribution in [1.29, 1.82) is 0 Å². The Labute approximate surface area is 175 Å². The van der Waals surface area contributed by atoms with Crippen LogP contribution in [-0.4, -0.2) is 29.3 Å². The molecule has 4 rings (SSSR count). The third-order valence-corrected chi connectivity index (χ3v) is 4.97. The highest BCUT2D eigenvalue weighted by Gasteiger charge is 2.13. The third-order valence-electron chi connectivity index (χ3n) is 4.97. The Balaban J connectivity index is 1.27. The summed E-state index contributed by atoms with van der Waals surface area (Å²) in [5.74, 6) is 2.84. The first-order chi connectivity index (χ1) is 14.6. The monoisotopic (exact) mass is 407 g/mol. The molecule has 0 radical (unpaired) electrons. The first-order valence-corrected chi connectivity index (χ1v) is 10.2. The maximum absolute atomic E-state index is 12.2. The largest absolute Gasteiger partial charge is 0.486 e. The van der Waals surface area contributed by atoms with Gasteiger partial charge in [-0.3, -0.25) is 4.79 Å². The summed E-state index contributed by atoms with van der Waals surface area (Å²) < 4.78 is 16.4. The molecule has 0 aliphatic carbocycles. The lowest BCUT2D eigenvalue weighted by Crippen LogP contribution is -2.23. The van der Waals surface area contributed by atoms with Crippen LogP contribution < -0.4 is 14.8 Å². The van der Waals surface area contributed by atoms with Crippen LogP contribution in [0.2, 0.25) is 0 Å². The van der Waals surface area contributed by atoms with Crippen LogP contribution in [0.15, 0.2) is 47.0 Å². The van der Waals surface area contributed by atoms with E-state index in [4.69, 9.17) is 14.0 Å². The Morgan fingerprint density at radius 1 is 1.07 bits per heavy atom. The van der Waals surface area contributed by atoms with E-state index in [0.29, 0.717) is 49.6 Å². The van der Waals surface area contributed by atoms with Crippen molar-refractivity contribution < 1.29 is 18.8 Å². The van der Waals surface area contributed by atoms with E-state index in [2.05, 4.69) is 41.4 Å². The number of aromatic nitrogens is 2. The molecule has 0 fully saturated rings. The van der Waals surface area contributed by atoms with Crippen LogP contribution in [-0.2, 0) is 17.8 Å². The lowest BCUT2D eigenvalue weighted by Gasteiger charge is -2.18. The van der Waals surface area contributed by atoms with Gasteiger partial charge in [0.1, 0.15) is 13.2 Å². The van der Waals surface area contributed by atoms with Crippen molar-refractivity contribution in [2.24, 2.45) is 0 Å². The number of carbonyl (C=O) groups is 1. The van der Waals surface area contributed by atoms with Crippen molar-refractivity contribution in [2.45, 2.75) is 39.2 Å². The minimum Gasteiger partial charge on any atom is -0.486 e. The summed E-state index contributed by atoms with van der Waals surface area (Å²) >= 11 is 0. The second-order valence-corrected chi connectivity index (χ2v) is 7.54. The van der Waals surface area contributed by atoms with Gasteiger partial charge in [0.2, 0.25) is 17.6 Å². The Hall–Kier alpha value is -3.35. The van der Waals surface area contributed by atoms with E-state index >= 15 is 0 Å². The number of amides is 1. The second kappa shape index (κ2) is 8.98. The number of aryl methyl sites for hydroxylation is 1. The van der Waals surface area contributed by atoms with E-state index in [0.717, 1.165) is 16.9 Å². The minimum absolute atomic E-state index is 0.0778. The smallest absolute Gasteiger partial charge is 0.227 e. The number of fused-ring (bicyclic) bond motifs is 1. The van der Waals surface area contributed by atoms with Crippen LogP contribution in [0, 0.1) is 0 Å². The van der Waals surface area contributed by atoms with Crippen molar-refractivity contribution in [3.05, 3.63) is 59.5 Å². The maximum Gasteiger partial charge on any atom is 0.227 e. The Bertz CT molecular complexity index is 1010. The van der Waals surface area contributed by atoms with Crippen molar-refractivity contribution in [3.8, 4) is 22.9 Å². The van der Waals surface area contributed by atoms with Gasteiger partial charge in [-0.05, 0) is 29.2 Å². The molecule has 7 heteroatoms. The standard InChI is InChI=1S/C23H25N3O4/c1-15(2)17-4-6-18(7-5-17)23-25-22(30-26-23)10-9-21(27)24-14-16-3-8-19-20(13-16)29-12-11-28-19/h3-8,13,15H,9-12,14H2,1-2H3,(H,24,27). The molecule has 1 amide bonds. The van der Waals surface area contributed by atoms with Crippen LogP contribution in [0.25, 0.3) is 11.4 Å². The van der Waals surface area contributed by atoms with Crippen molar-refractivity contribution >= 4 is 5.91 Å². The summed E-state index contributed by atoms with van der Waals surface area (Å²) in [4.78, 5) is 16.6. The molecule has 0 saturated carbocycles. The van der Waals surface area contributed by atoms with Gasteiger partial charge in [0.15, 0.2) is 11.5 Å². The summed E-state index contributed by atoms with van der Waals surface area (Å²) in [5.41, 5.74) is 3.12. The molecule has 1 aliphatic rings. The number of rotatable bonds is 7. The predicted octanol–water partition coefficient (Wildman–Crippen LogP) is 3.88. The van der Waals surface area contributed by atoms with Crippen LogP contribution in [0.1, 0.15) is 43.2 Å².